The SMILES string of the molecule is CC(C#N)(CCc1ccccc1)N=C=O. The lowest BCUT2D eigenvalue weighted by atomic mass is 9.95. The monoisotopic (exact) mass is 200 g/mol. The zero-order valence-corrected chi connectivity index (χ0v) is 8.60. The van der Waals surface area contributed by atoms with Gasteiger partial charge in [-0.1, -0.05) is 30.3 Å². The van der Waals surface area contributed by atoms with Crippen molar-refractivity contribution >= 4 is 6.08 Å². The summed E-state index contributed by atoms with van der Waals surface area (Å²) >= 11 is 0. The van der Waals surface area contributed by atoms with Crippen LogP contribution in [0.4, 0.5) is 0 Å². The number of nitriles is 1. The molecule has 15 heavy (non-hydrogen) atoms. The van der Waals surface area contributed by atoms with E-state index < -0.39 is 5.54 Å². The van der Waals surface area contributed by atoms with Crippen molar-refractivity contribution in [2.24, 2.45) is 4.99 Å². The molecule has 0 fully saturated rings. The fourth-order valence-corrected chi connectivity index (χ4v) is 1.27. The van der Waals surface area contributed by atoms with Gasteiger partial charge in [-0.05, 0) is 25.3 Å². The topological polar surface area (TPSA) is 53.2 Å². The normalized spacial score (nSPS) is 13.3. The van der Waals surface area contributed by atoms with Gasteiger partial charge in [-0.2, -0.15) is 10.3 Å². The number of hydrogen-bond acceptors (Lipinski definition) is 3. The van der Waals surface area contributed by atoms with E-state index in [9.17, 15) is 4.79 Å². The molecule has 0 radical (unpaired) electrons. The highest BCUT2D eigenvalue weighted by Gasteiger charge is 2.22. The van der Waals surface area contributed by atoms with Crippen molar-refractivity contribution in [1.29, 1.82) is 5.26 Å². The molecule has 3 heteroatoms. The fourth-order valence-electron chi connectivity index (χ4n) is 1.27. The Morgan fingerprint density at radius 3 is 2.60 bits per heavy atom. The molecule has 1 atom stereocenters. The first-order chi connectivity index (χ1) is 7.20. The number of benzene rings is 1. The van der Waals surface area contributed by atoms with Crippen LogP contribution in [0.3, 0.4) is 0 Å². The third kappa shape index (κ3) is 3.38. The van der Waals surface area contributed by atoms with Gasteiger partial charge in [0.15, 0.2) is 5.54 Å². The molecule has 1 unspecified atom stereocenters. The molecule has 0 aromatic heterocycles. The summed E-state index contributed by atoms with van der Waals surface area (Å²) in [5.74, 6) is 0. The van der Waals surface area contributed by atoms with Crippen LogP contribution in [0, 0.1) is 11.3 Å². The van der Waals surface area contributed by atoms with E-state index in [4.69, 9.17) is 5.26 Å². The standard InChI is InChI=1S/C12H12N2O/c1-12(9-13,14-10-15)8-7-11-5-3-2-4-6-11/h2-6H,7-8H2,1H3. The Hall–Kier alpha value is -1.91. The smallest absolute Gasteiger partial charge is 0.211 e. The summed E-state index contributed by atoms with van der Waals surface area (Å²) in [5.41, 5.74) is 0.192. The average molecular weight is 200 g/mol. The lowest BCUT2D eigenvalue weighted by Gasteiger charge is -2.13. The molecule has 0 spiro atoms. The van der Waals surface area contributed by atoms with E-state index in [0.717, 1.165) is 12.0 Å². The van der Waals surface area contributed by atoms with Crippen LogP contribution in [0.25, 0.3) is 0 Å². The molecule has 0 aliphatic rings. The Balaban J connectivity index is 2.64. The Kier molecular flexibility index (Phi) is 3.79. The quantitative estimate of drug-likeness (QED) is 0.552. The first-order valence-electron chi connectivity index (χ1n) is 4.74. The molecule has 1 rings (SSSR count). The maximum Gasteiger partial charge on any atom is 0.236 e. The summed E-state index contributed by atoms with van der Waals surface area (Å²) in [6.45, 7) is 1.64. The number of nitrogens with zero attached hydrogens (tertiary/aromatic N) is 2. The van der Waals surface area contributed by atoms with Crippen molar-refractivity contribution < 1.29 is 4.79 Å². The molecule has 0 aliphatic carbocycles. The molecule has 0 saturated heterocycles. The van der Waals surface area contributed by atoms with Crippen molar-refractivity contribution in [2.45, 2.75) is 25.3 Å². The fraction of sp³-hybridized carbons (Fsp3) is 0.333. The third-order valence-corrected chi connectivity index (χ3v) is 2.28. The number of isocyanates is 1. The Labute approximate surface area is 89.1 Å². The second-order valence-electron chi connectivity index (χ2n) is 3.57. The maximum atomic E-state index is 10.1. The molecule has 0 bridgehead atoms. The number of rotatable bonds is 4. The van der Waals surface area contributed by atoms with E-state index in [1.165, 1.54) is 6.08 Å². The van der Waals surface area contributed by atoms with E-state index >= 15 is 0 Å². The Bertz CT molecular complexity index is 401. The summed E-state index contributed by atoms with van der Waals surface area (Å²) in [6, 6.07) is 11.8. The molecule has 0 saturated carbocycles. The van der Waals surface area contributed by atoms with Gasteiger partial charge in [-0.3, -0.25) is 0 Å². The second-order valence-corrected chi connectivity index (χ2v) is 3.57. The number of aliphatic imine (C=N–C) groups is 1. The largest absolute Gasteiger partial charge is 0.236 e. The maximum absolute atomic E-state index is 10.1. The van der Waals surface area contributed by atoms with Crippen molar-refractivity contribution in [2.75, 3.05) is 0 Å². The molecular weight excluding hydrogens is 188 g/mol. The minimum absolute atomic E-state index is 0.531. The van der Waals surface area contributed by atoms with Crippen LogP contribution in [0.1, 0.15) is 18.9 Å². The lowest BCUT2D eigenvalue weighted by Crippen LogP contribution is -2.19. The summed E-state index contributed by atoms with van der Waals surface area (Å²) in [5, 5.41) is 8.87. The number of hydrogen-bond donors (Lipinski definition) is 0. The molecule has 1 aromatic rings. The van der Waals surface area contributed by atoms with Gasteiger partial charge in [0.05, 0.1) is 6.07 Å². The molecule has 1 aromatic carbocycles. The highest BCUT2D eigenvalue weighted by atomic mass is 16.1. The van der Waals surface area contributed by atoms with Crippen LogP contribution in [-0.2, 0) is 11.2 Å². The minimum atomic E-state index is -0.947. The highest BCUT2D eigenvalue weighted by molar-refractivity contribution is 5.36. The molecule has 0 N–H and O–H groups in total. The molecule has 0 heterocycles. The highest BCUT2D eigenvalue weighted by Crippen LogP contribution is 2.16. The molecule has 76 valence electrons. The van der Waals surface area contributed by atoms with Gasteiger partial charge in [0.25, 0.3) is 0 Å². The predicted octanol–water partition coefficient (Wildman–Crippen LogP) is 2.24. The van der Waals surface area contributed by atoms with E-state index in [-0.39, 0.29) is 0 Å². The summed E-state index contributed by atoms with van der Waals surface area (Å²) in [4.78, 5) is 13.7. The van der Waals surface area contributed by atoms with Crippen LogP contribution in [-0.4, -0.2) is 11.6 Å². The van der Waals surface area contributed by atoms with E-state index in [1.807, 2.05) is 36.4 Å². The van der Waals surface area contributed by atoms with Crippen LogP contribution in [0.5, 0.6) is 0 Å². The first kappa shape index (κ1) is 11.2. The van der Waals surface area contributed by atoms with E-state index in [1.54, 1.807) is 6.92 Å². The minimum Gasteiger partial charge on any atom is -0.211 e. The van der Waals surface area contributed by atoms with Crippen molar-refractivity contribution in [3.8, 4) is 6.07 Å². The van der Waals surface area contributed by atoms with E-state index in [0.29, 0.717) is 6.42 Å². The zero-order valence-electron chi connectivity index (χ0n) is 8.60. The zero-order chi connectivity index (χ0) is 11.1. The Morgan fingerprint density at radius 1 is 1.40 bits per heavy atom. The van der Waals surface area contributed by atoms with Gasteiger partial charge < -0.3 is 0 Å². The van der Waals surface area contributed by atoms with Gasteiger partial charge in [-0.25, -0.2) is 4.79 Å². The summed E-state index contributed by atoms with van der Waals surface area (Å²) < 4.78 is 0. The molecular formula is C12H12N2O. The van der Waals surface area contributed by atoms with Crippen LogP contribution in [0.15, 0.2) is 35.3 Å². The molecule has 3 nitrogen and oxygen atoms in total. The molecule has 0 aliphatic heterocycles. The number of carbonyl (C=O) groups excluding carboxylic acids is 1. The van der Waals surface area contributed by atoms with Gasteiger partial charge in [-0.15, -0.1) is 0 Å². The van der Waals surface area contributed by atoms with Crippen LogP contribution < -0.4 is 0 Å². The van der Waals surface area contributed by atoms with Gasteiger partial charge in [0.2, 0.25) is 6.08 Å². The molecule has 0 amide bonds. The lowest BCUT2D eigenvalue weighted by molar-refractivity contribution is 0.522. The van der Waals surface area contributed by atoms with Crippen molar-refractivity contribution in [3.05, 3.63) is 35.9 Å². The second kappa shape index (κ2) is 5.09. The van der Waals surface area contributed by atoms with E-state index in [2.05, 4.69) is 4.99 Å². The Morgan fingerprint density at radius 2 is 2.07 bits per heavy atom. The van der Waals surface area contributed by atoms with Gasteiger partial charge in [0.1, 0.15) is 0 Å². The summed E-state index contributed by atoms with van der Waals surface area (Å²) in [7, 11) is 0. The summed E-state index contributed by atoms with van der Waals surface area (Å²) in [6.07, 6.45) is 2.71. The van der Waals surface area contributed by atoms with Crippen LogP contribution in [0.2, 0.25) is 0 Å². The third-order valence-electron chi connectivity index (χ3n) is 2.28. The van der Waals surface area contributed by atoms with Gasteiger partial charge in [0, 0.05) is 0 Å². The first-order valence-corrected chi connectivity index (χ1v) is 4.74. The average Bonchev–Trinajstić information content (AvgIpc) is 2.28. The number of aryl methyl sites for hydroxylation is 1. The van der Waals surface area contributed by atoms with Gasteiger partial charge >= 0.3 is 0 Å². The van der Waals surface area contributed by atoms with Crippen molar-refractivity contribution in [1.82, 2.24) is 0 Å². The van der Waals surface area contributed by atoms with Crippen LogP contribution >= 0.6 is 0 Å². The van der Waals surface area contributed by atoms with Crippen molar-refractivity contribution in [3.63, 3.8) is 0 Å². The predicted molar refractivity (Wildman–Crippen MR) is 56.9 cm³/mol.